The van der Waals surface area contributed by atoms with Gasteiger partial charge in [-0.3, -0.25) is 4.98 Å². The van der Waals surface area contributed by atoms with Crippen LogP contribution in [0.25, 0.3) is 0 Å². The average Bonchev–Trinajstić information content (AvgIpc) is 2.48. The van der Waals surface area contributed by atoms with Crippen molar-refractivity contribution < 1.29 is 26.0 Å². The minimum Gasteiger partial charge on any atom is -0.260 e. The molecular formula is C14H11ClF4N2O2S. The molecule has 24 heavy (non-hydrogen) atoms. The first-order valence-corrected chi connectivity index (χ1v) is 8.26. The van der Waals surface area contributed by atoms with Gasteiger partial charge in [0.2, 0.25) is 10.0 Å². The SMILES string of the molecule is CN(C(c1ccc(Cl)cc1)C(F)(F)F)S(=O)(=O)c1cncc(F)c1. The predicted octanol–water partition coefficient (Wildman–Crippen LogP) is 3.80. The maximum atomic E-state index is 13.5. The number of rotatable bonds is 4. The van der Waals surface area contributed by atoms with Gasteiger partial charge in [-0.2, -0.15) is 17.5 Å². The lowest BCUT2D eigenvalue weighted by Gasteiger charge is -2.29. The lowest BCUT2D eigenvalue weighted by molar-refractivity contribution is -0.171. The summed E-state index contributed by atoms with van der Waals surface area (Å²) in [6.45, 7) is 0. The van der Waals surface area contributed by atoms with Crippen molar-refractivity contribution in [1.29, 1.82) is 0 Å². The molecule has 0 saturated heterocycles. The summed E-state index contributed by atoms with van der Waals surface area (Å²) in [6, 6.07) is 2.75. The predicted molar refractivity (Wildman–Crippen MR) is 79.4 cm³/mol. The molecule has 0 saturated carbocycles. The normalized spacial score (nSPS) is 14.0. The van der Waals surface area contributed by atoms with E-state index in [1.807, 2.05) is 0 Å². The molecule has 0 bridgehead atoms. The van der Waals surface area contributed by atoms with Crippen LogP contribution in [0.15, 0.2) is 47.6 Å². The smallest absolute Gasteiger partial charge is 0.260 e. The van der Waals surface area contributed by atoms with Gasteiger partial charge in [-0.15, -0.1) is 0 Å². The third-order valence-corrected chi connectivity index (χ3v) is 5.26. The number of halogens is 5. The van der Waals surface area contributed by atoms with Crippen LogP contribution in [0.5, 0.6) is 0 Å². The van der Waals surface area contributed by atoms with E-state index in [9.17, 15) is 26.0 Å². The fourth-order valence-corrected chi connectivity index (χ4v) is 3.52. The van der Waals surface area contributed by atoms with Gasteiger partial charge in [0.1, 0.15) is 16.8 Å². The molecule has 0 aliphatic carbocycles. The molecule has 2 rings (SSSR count). The summed E-state index contributed by atoms with van der Waals surface area (Å²) in [4.78, 5) is 2.69. The summed E-state index contributed by atoms with van der Waals surface area (Å²) in [5.41, 5.74) is -0.317. The Morgan fingerprint density at radius 1 is 1.17 bits per heavy atom. The molecule has 0 aliphatic heterocycles. The van der Waals surface area contributed by atoms with Crippen molar-refractivity contribution in [2.75, 3.05) is 7.05 Å². The summed E-state index contributed by atoms with van der Waals surface area (Å²) in [6.07, 6.45) is -3.36. The number of nitrogens with zero attached hydrogens (tertiary/aromatic N) is 2. The van der Waals surface area contributed by atoms with E-state index < -0.39 is 33.0 Å². The molecule has 1 aromatic heterocycles. The van der Waals surface area contributed by atoms with Gasteiger partial charge in [0.25, 0.3) is 0 Å². The molecule has 1 heterocycles. The van der Waals surface area contributed by atoms with Crippen LogP contribution in [0, 0.1) is 5.82 Å². The van der Waals surface area contributed by atoms with Gasteiger partial charge in [0, 0.05) is 18.3 Å². The molecule has 130 valence electrons. The van der Waals surface area contributed by atoms with Gasteiger partial charge in [-0.05, 0) is 23.8 Å². The minimum atomic E-state index is -4.89. The first kappa shape index (κ1) is 18.6. The van der Waals surface area contributed by atoms with Crippen LogP contribution in [0.2, 0.25) is 5.02 Å². The van der Waals surface area contributed by atoms with Crippen LogP contribution in [-0.2, 0) is 10.0 Å². The van der Waals surface area contributed by atoms with E-state index in [0.717, 1.165) is 31.6 Å². The Morgan fingerprint density at radius 3 is 2.25 bits per heavy atom. The average molecular weight is 383 g/mol. The molecule has 4 nitrogen and oxygen atoms in total. The number of hydrogen-bond donors (Lipinski definition) is 0. The Hall–Kier alpha value is -1.71. The van der Waals surface area contributed by atoms with E-state index in [1.54, 1.807) is 0 Å². The Balaban J connectivity index is 2.52. The topological polar surface area (TPSA) is 50.3 Å². The van der Waals surface area contributed by atoms with Crippen molar-refractivity contribution in [3.63, 3.8) is 0 Å². The highest BCUT2D eigenvalue weighted by molar-refractivity contribution is 7.89. The summed E-state index contributed by atoms with van der Waals surface area (Å²) in [7, 11) is -3.85. The second-order valence-corrected chi connectivity index (χ2v) is 7.29. The molecule has 0 aliphatic rings. The van der Waals surface area contributed by atoms with Crippen molar-refractivity contribution in [3.8, 4) is 0 Å². The number of hydrogen-bond acceptors (Lipinski definition) is 3. The van der Waals surface area contributed by atoms with Gasteiger partial charge in [-0.25, -0.2) is 12.8 Å². The summed E-state index contributed by atoms with van der Waals surface area (Å²) in [5.74, 6) is -0.973. The van der Waals surface area contributed by atoms with E-state index in [2.05, 4.69) is 4.98 Å². The van der Waals surface area contributed by atoms with E-state index >= 15 is 0 Å². The Kier molecular flexibility index (Phi) is 5.17. The van der Waals surface area contributed by atoms with Crippen LogP contribution in [0.4, 0.5) is 17.6 Å². The van der Waals surface area contributed by atoms with E-state index in [1.165, 1.54) is 12.1 Å². The summed E-state index contributed by atoms with van der Waals surface area (Å²) >= 11 is 5.65. The maximum absolute atomic E-state index is 13.5. The first-order chi connectivity index (χ1) is 11.0. The molecule has 0 N–H and O–H groups in total. The third-order valence-electron chi connectivity index (χ3n) is 3.22. The zero-order chi connectivity index (χ0) is 18.1. The molecular weight excluding hydrogens is 372 g/mol. The Morgan fingerprint density at radius 2 is 1.75 bits per heavy atom. The standard InChI is InChI=1S/C14H11ClF4N2O2S/c1-21(24(22,23)12-6-11(16)7-20-8-12)13(14(17,18)19)9-2-4-10(15)5-3-9/h2-8,13H,1H3. The summed E-state index contributed by atoms with van der Waals surface area (Å²) < 4.78 is 78.5. The third kappa shape index (κ3) is 3.85. The van der Waals surface area contributed by atoms with E-state index in [4.69, 9.17) is 11.6 Å². The van der Waals surface area contributed by atoms with Crippen LogP contribution >= 0.6 is 11.6 Å². The summed E-state index contributed by atoms with van der Waals surface area (Å²) in [5, 5.41) is 0.208. The second kappa shape index (κ2) is 6.66. The number of alkyl halides is 3. The van der Waals surface area contributed by atoms with Crippen LogP contribution < -0.4 is 0 Å². The van der Waals surface area contributed by atoms with Crippen LogP contribution in [0.3, 0.4) is 0 Å². The lowest BCUT2D eigenvalue weighted by atomic mass is 10.1. The second-order valence-electron chi connectivity index (χ2n) is 4.86. The molecule has 1 aromatic carbocycles. The Bertz CT molecular complexity index is 825. The highest BCUT2D eigenvalue weighted by atomic mass is 35.5. The highest BCUT2D eigenvalue weighted by Gasteiger charge is 2.47. The quantitative estimate of drug-likeness (QED) is 0.756. The number of aromatic nitrogens is 1. The molecule has 0 spiro atoms. The molecule has 0 amide bonds. The number of sulfonamides is 1. The van der Waals surface area contributed by atoms with Crippen molar-refractivity contribution in [2.45, 2.75) is 17.1 Å². The van der Waals surface area contributed by atoms with Crippen molar-refractivity contribution in [2.24, 2.45) is 0 Å². The zero-order valence-corrected chi connectivity index (χ0v) is 13.7. The fourth-order valence-electron chi connectivity index (χ4n) is 2.09. The Labute approximate surface area is 140 Å². The van der Waals surface area contributed by atoms with Crippen molar-refractivity contribution in [3.05, 3.63) is 59.1 Å². The molecule has 0 fully saturated rings. The zero-order valence-electron chi connectivity index (χ0n) is 12.1. The van der Waals surface area contributed by atoms with Gasteiger partial charge >= 0.3 is 6.18 Å². The molecule has 0 radical (unpaired) electrons. The van der Waals surface area contributed by atoms with Crippen molar-refractivity contribution >= 4 is 21.6 Å². The van der Waals surface area contributed by atoms with Gasteiger partial charge < -0.3 is 0 Å². The maximum Gasteiger partial charge on any atom is 0.409 e. The van der Waals surface area contributed by atoms with Crippen LogP contribution in [0.1, 0.15) is 11.6 Å². The first-order valence-electron chi connectivity index (χ1n) is 6.44. The van der Waals surface area contributed by atoms with Gasteiger partial charge in [0.15, 0.2) is 0 Å². The lowest BCUT2D eigenvalue weighted by Crippen LogP contribution is -2.39. The molecule has 2 aromatic rings. The minimum absolute atomic E-state index is 0.132. The van der Waals surface area contributed by atoms with Crippen LogP contribution in [-0.4, -0.2) is 30.9 Å². The van der Waals surface area contributed by atoms with E-state index in [-0.39, 0.29) is 14.9 Å². The van der Waals surface area contributed by atoms with E-state index in [0.29, 0.717) is 6.07 Å². The molecule has 10 heteroatoms. The molecule has 1 unspecified atom stereocenters. The van der Waals surface area contributed by atoms with Crippen molar-refractivity contribution in [1.82, 2.24) is 9.29 Å². The van der Waals surface area contributed by atoms with Gasteiger partial charge in [-0.1, -0.05) is 23.7 Å². The van der Waals surface area contributed by atoms with Gasteiger partial charge in [0.05, 0.1) is 6.20 Å². The highest BCUT2D eigenvalue weighted by Crippen LogP contribution is 2.39. The largest absolute Gasteiger partial charge is 0.409 e. The number of benzene rings is 1. The monoisotopic (exact) mass is 382 g/mol. The fraction of sp³-hybridized carbons (Fsp3) is 0.214. The molecule has 1 atom stereocenters. The number of pyridine rings is 1.